The summed E-state index contributed by atoms with van der Waals surface area (Å²) < 4.78 is 14.9. The van der Waals surface area contributed by atoms with E-state index in [1.165, 1.54) is 41.9 Å². The Labute approximate surface area is 132 Å². The largest absolute Gasteiger partial charge is 0.345 e. The summed E-state index contributed by atoms with van der Waals surface area (Å²) in [5.41, 5.74) is 3.22. The van der Waals surface area contributed by atoms with Crippen molar-refractivity contribution in [2.75, 3.05) is 0 Å². The Morgan fingerprint density at radius 1 is 1.13 bits per heavy atom. The van der Waals surface area contributed by atoms with Crippen molar-refractivity contribution < 1.29 is 19.2 Å². The third-order valence-electron chi connectivity index (χ3n) is 3.23. The number of nitrogens with one attached hydrogen (secondary N) is 1. The van der Waals surface area contributed by atoms with Crippen molar-refractivity contribution in [3.8, 4) is 0 Å². The molecule has 0 bridgehead atoms. The molecule has 0 saturated carbocycles. The van der Waals surface area contributed by atoms with Crippen LogP contribution >= 0.6 is 0 Å². The molecule has 0 aliphatic carbocycles. The number of benzene rings is 1. The third kappa shape index (κ3) is 4.24. The van der Waals surface area contributed by atoms with Crippen molar-refractivity contribution in [1.82, 2.24) is 10.0 Å². The number of hydrogen-bond acceptors (Lipinski definition) is 3. The topological polar surface area (TPSA) is 71.3 Å². The molecule has 2 rings (SSSR count). The van der Waals surface area contributed by atoms with Crippen molar-refractivity contribution in [3.63, 3.8) is 0 Å². The number of nitrogens with zero attached hydrogens (tertiary/aromatic N) is 1. The molecule has 0 radical (unpaired) electrons. The van der Waals surface area contributed by atoms with Crippen LogP contribution in [0.25, 0.3) is 12.2 Å². The molecule has 23 heavy (non-hydrogen) atoms. The first-order valence-electron chi connectivity index (χ1n) is 6.77. The predicted octanol–water partition coefficient (Wildman–Crippen LogP) is 2.58. The Morgan fingerprint density at radius 2 is 1.78 bits per heavy atom. The number of allylic oxidation sites excluding steroid dienone is 1. The summed E-state index contributed by atoms with van der Waals surface area (Å²) in [5, 5.41) is 8.43. The van der Waals surface area contributed by atoms with E-state index in [1.54, 1.807) is 35.9 Å². The fraction of sp³-hybridized carbons (Fsp3) is 0.0588. The van der Waals surface area contributed by atoms with E-state index < -0.39 is 11.7 Å². The fourth-order valence-corrected chi connectivity index (χ4v) is 1.98. The standard InChI is InChI=1S/C17H15FN2O3/c1-20-14(5-6-15(20)8-10-17(22)19-23)7-9-16(21)12-3-2-4-13(18)11-12/h2-11,23H,1H3,(H,19,22)/b9-7+,10-8+. The van der Waals surface area contributed by atoms with Crippen molar-refractivity contribution in [2.24, 2.45) is 7.05 Å². The second kappa shape index (κ2) is 7.33. The number of halogens is 1. The van der Waals surface area contributed by atoms with Gasteiger partial charge in [-0.25, -0.2) is 9.87 Å². The van der Waals surface area contributed by atoms with Crippen LogP contribution in [0.4, 0.5) is 4.39 Å². The molecule has 2 N–H and O–H groups in total. The lowest BCUT2D eigenvalue weighted by molar-refractivity contribution is -0.124. The molecule has 1 aromatic heterocycles. The number of ketones is 1. The van der Waals surface area contributed by atoms with Gasteiger partial charge in [0.2, 0.25) is 0 Å². The lowest BCUT2D eigenvalue weighted by atomic mass is 10.1. The van der Waals surface area contributed by atoms with Gasteiger partial charge in [-0.3, -0.25) is 14.8 Å². The maximum atomic E-state index is 13.1. The van der Waals surface area contributed by atoms with E-state index in [0.717, 1.165) is 5.69 Å². The monoisotopic (exact) mass is 314 g/mol. The van der Waals surface area contributed by atoms with Crippen LogP contribution in [0.2, 0.25) is 0 Å². The summed E-state index contributed by atoms with van der Waals surface area (Å²) >= 11 is 0. The van der Waals surface area contributed by atoms with Crippen LogP contribution in [-0.4, -0.2) is 21.5 Å². The van der Waals surface area contributed by atoms with E-state index in [2.05, 4.69) is 0 Å². The molecule has 0 saturated heterocycles. The fourth-order valence-electron chi connectivity index (χ4n) is 1.98. The van der Waals surface area contributed by atoms with Crippen molar-refractivity contribution in [1.29, 1.82) is 0 Å². The molecule has 6 heteroatoms. The maximum absolute atomic E-state index is 13.1. The Kier molecular flexibility index (Phi) is 5.22. The van der Waals surface area contributed by atoms with Crippen LogP contribution in [-0.2, 0) is 11.8 Å². The minimum atomic E-state index is -0.635. The van der Waals surface area contributed by atoms with Gasteiger partial charge in [-0.05, 0) is 42.5 Å². The number of hydrogen-bond donors (Lipinski definition) is 2. The van der Waals surface area contributed by atoms with E-state index in [0.29, 0.717) is 5.69 Å². The Bertz CT molecular complexity index is 791. The van der Waals surface area contributed by atoms with Gasteiger partial charge in [0.25, 0.3) is 5.91 Å². The molecule has 1 amide bonds. The van der Waals surface area contributed by atoms with Gasteiger partial charge < -0.3 is 4.57 Å². The molecule has 0 aliphatic rings. The van der Waals surface area contributed by atoms with Crippen molar-refractivity contribution in [2.45, 2.75) is 0 Å². The lowest BCUT2D eigenvalue weighted by Crippen LogP contribution is -2.14. The summed E-state index contributed by atoms with van der Waals surface area (Å²) in [6.07, 6.45) is 5.67. The van der Waals surface area contributed by atoms with Crippen molar-refractivity contribution in [3.05, 3.63) is 71.3 Å². The highest BCUT2D eigenvalue weighted by molar-refractivity contribution is 6.06. The van der Waals surface area contributed by atoms with Crippen LogP contribution in [0.5, 0.6) is 0 Å². The predicted molar refractivity (Wildman–Crippen MR) is 84.1 cm³/mol. The zero-order valence-corrected chi connectivity index (χ0v) is 12.4. The first-order valence-corrected chi connectivity index (χ1v) is 6.77. The molecule has 2 aromatic rings. The second-order valence-corrected chi connectivity index (χ2v) is 4.76. The van der Waals surface area contributed by atoms with E-state index >= 15 is 0 Å². The van der Waals surface area contributed by atoms with Crippen LogP contribution < -0.4 is 5.48 Å². The van der Waals surface area contributed by atoms with Gasteiger partial charge in [-0.1, -0.05) is 12.1 Å². The van der Waals surface area contributed by atoms with Gasteiger partial charge in [0.15, 0.2) is 5.78 Å². The van der Waals surface area contributed by atoms with Gasteiger partial charge in [0.05, 0.1) is 0 Å². The molecule has 1 aromatic carbocycles. The molecule has 118 valence electrons. The molecular formula is C17H15FN2O3. The Balaban J connectivity index is 2.14. The molecule has 5 nitrogen and oxygen atoms in total. The molecular weight excluding hydrogens is 299 g/mol. The van der Waals surface area contributed by atoms with Crippen LogP contribution in [0.15, 0.2) is 48.6 Å². The highest BCUT2D eigenvalue weighted by Crippen LogP contribution is 2.12. The third-order valence-corrected chi connectivity index (χ3v) is 3.23. The summed E-state index contributed by atoms with van der Waals surface area (Å²) in [6, 6.07) is 9.01. The first-order chi connectivity index (χ1) is 11.0. The smallest absolute Gasteiger partial charge is 0.267 e. The maximum Gasteiger partial charge on any atom is 0.267 e. The number of aromatic nitrogens is 1. The zero-order chi connectivity index (χ0) is 16.8. The van der Waals surface area contributed by atoms with E-state index in [-0.39, 0.29) is 11.3 Å². The highest BCUT2D eigenvalue weighted by Gasteiger charge is 2.04. The van der Waals surface area contributed by atoms with Crippen LogP contribution in [0.3, 0.4) is 0 Å². The van der Waals surface area contributed by atoms with Gasteiger partial charge in [0.1, 0.15) is 5.82 Å². The number of rotatable bonds is 5. The van der Waals surface area contributed by atoms with E-state index in [1.807, 2.05) is 0 Å². The van der Waals surface area contributed by atoms with Gasteiger partial charge in [-0.15, -0.1) is 0 Å². The highest BCUT2D eigenvalue weighted by atomic mass is 19.1. The summed E-state index contributed by atoms with van der Waals surface area (Å²) in [6.45, 7) is 0. The minimum absolute atomic E-state index is 0.273. The Morgan fingerprint density at radius 3 is 2.39 bits per heavy atom. The van der Waals surface area contributed by atoms with Crippen LogP contribution in [0, 0.1) is 5.82 Å². The van der Waals surface area contributed by atoms with Crippen LogP contribution in [0.1, 0.15) is 21.7 Å². The quantitative estimate of drug-likeness (QED) is 0.386. The minimum Gasteiger partial charge on any atom is -0.345 e. The molecule has 1 heterocycles. The van der Waals surface area contributed by atoms with Gasteiger partial charge in [0, 0.05) is 30.1 Å². The first kappa shape index (κ1) is 16.4. The number of amides is 1. The molecule has 0 spiro atoms. The molecule has 0 unspecified atom stereocenters. The average Bonchev–Trinajstić information content (AvgIpc) is 2.90. The van der Waals surface area contributed by atoms with Gasteiger partial charge >= 0.3 is 0 Å². The van der Waals surface area contributed by atoms with E-state index in [4.69, 9.17) is 5.21 Å². The zero-order valence-electron chi connectivity index (χ0n) is 12.4. The van der Waals surface area contributed by atoms with Gasteiger partial charge in [-0.2, -0.15) is 0 Å². The van der Waals surface area contributed by atoms with Crippen molar-refractivity contribution >= 4 is 23.8 Å². The molecule has 0 fully saturated rings. The summed E-state index contributed by atoms with van der Waals surface area (Å²) in [4.78, 5) is 22.9. The average molecular weight is 314 g/mol. The SMILES string of the molecule is Cn1c(/C=C/C(=O)NO)ccc1/C=C/C(=O)c1cccc(F)c1. The molecule has 0 aliphatic heterocycles. The number of hydroxylamine groups is 1. The summed E-state index contributed by atoms with van der Waals surface area (Å²) in [5.74, 6) is -1.40. The summed E-state index contributed by atoms with van der Waals surface area (Å²) in [7, 11) is 1.77. The second-order valence-electron chi connectivity index (χ2n) is 4.76. The lowest BCUT2D eigenvalue weighted by Gasteiger charge is -2.01. The molecule has 0 atom stereocenters. The number of carbonyl (C=O) groups is 2. The van der Waals surface area contributed by atoms with E-state index in [9.17, 15) is 14.0 Å². The Hall–Kier alpha value is -2.99. The normalized spacial score (nSPS) is 11.3. The number of carbonyl (C=O) groups excluding carboxylic acids is 2.